The minimum atomic E-state index is -1.75. The van der Waals surface area contributed by atoms with Gasteiger partial charge in [-0.05, 0) is 48.6 Å². The molecule has 12 heteroatoms. The maximum Gasteiger partial charge on any atom is 0.546 e. The van der Waals surface area contributed by atoms with E-state index in [1.54, 1.807) is 30.0 Å². The van der Waals surface area contributed by atoms with E-state index in [2.05, 4.69) is 0 Å². The van der Waals surface area contributed by atoms with Crippen LogP contribution in [0, 0.1) is 0 Å². The van der Waals surface area contributed by atoms with Crippen LogP contribution in [-0.2, 0) is 4.79 Å². The lowest BCUT2D eigenvalue weighted by molar-refractivity contribution is -0.137. The largest absolute Gasteiger partial charge is 0.546 e. The molecule has 0 fully saturated rings. The summed E-state index contributed by atoms with van der Waals surface area (Å²) in [6.45, 7) is 1.80. The van der Waals surface area contributed by atoms with Gasteiger partial charge in [0.1, 0.15) is 11.4 Å². The van der Waals surface area contributed by atoms with Crippen molar-refractivity contribution in [3.63, 3.8) is 0 Å². The first-order chi connectivity index (χ1) is 18.1. The first-order valence-corrected chi connectivity index (χ1v) is 11.9. The molecule has 2 atom stereocenters. The predicted molar refractivity (Wildman–Crippen MR) is 136 cm³/mol. The SMILES string of the molecule is CCC1N(C(=O)O)c2ccc3cc2[N+]1(C(=O)O)N3C1(C(=O)c2ccc(O)cc2)C=CN(CCC(=O)O)C=C1. The molecule has 3 heterocycles. The zero-order valence-electron chi connectivity index (χ0n) is 20.3. The smallest absolute Gasteiger partial charge is 0.508 e. The number of rotatable bonds is 7. The zero-order chi connectivity index (χ0) is 27.4. The van der Waals surface area contributed by atoms with Crippen LogP contribution in [0.2, 0.25) is 0 Å². The molecule has 2 bridgehead atoms. The summed E-state index contributed by atoms with van der Waals surface area (Å²) in [6, 6.07) is 10.2. The highest BCUT2D eigenvalue weighted by Gasteiger charge is 2.70. The second kappa shape index (κ2) is 8.63. The number of phenolic OH excluding ortho intramolecular Hbond substituents is 1. The number of Topliss-reactive ketones (excluding diaryl/α,β-unsaturated/α-hetero) is 1. The third kappa shape index (κ3) is 3.27. The summed E-state index contributed by atoms with van der Waals surface area (Å²) < 4.78 is -0.964. The summed E-state index contributed by atoms with van der Waals surface area (Å²) in [7, 11) is 0. The van der Waals surface area contributed by atoms with E-state index in [4.69, 9.17) is 5.11 Å². The fourth-order valence-corrected chi connectivity index (χ4v) is 5.63. The maximum absolute atomic E-state index is 14.3. The van der Waals surface area contributed by atoms with Crippen LogP contribution in [0.1, 0.15) is 30.1 Å². The summed E-state index contributed by atoms with van der Waals surface area (Å²) in [5, 5.41) is 41.1. The number of carbonyl (C=O) groups is 4. The molecular formula is C26H25N4O8+. The van der Waals surface area contributed by atoms with Crippen molar-refractivity contribution in [3.05, 3.63) is 72.6 Å². The first kappa shape index (κ1) is 24.8. The summed E-state index contributed by atoms with van der Waals surface area (Å²) in [4.78, 5) is 53.5. The Balaban J connectivity index is 1.72. The Bertz CT molecular complexity index is 1400. The minimum Gasteiger partial charge on any atom is -0.508 e. The molecule has 12 nitrogen and oxygen atoms in total. The van der Waals surface area contributed by atoms with Crippen LogP contribution < -0.4 is 14.5 Å². The van der Waals surface area contributed by atoms with E-state index in [0.29, 0.717) is 5.69 Å². The van der Waals surface area contributed by atoms with Crippen molar-refractivity contribution in [3.8, 4) is 5.75 Å². The van der Waals surface area contributed by atoms with Crippen LogP contribution >= 0.6 is 0 Å². The van der Waals surface area contributed by atoms with Crippen molar-refractivity contribution < 1.29 is 39.6 Å². The number of phenols is 1. The van der Waals surface area contributed by atoms with E-state index in [1.807, 2.05) is 0 Å². The fraction of sp³-hybridized carbons (Fsp3) is 0.231. The van der Waals surface area contributed by atoms with Gasteiger partial charge in [-0.15, -0.1) is 0 Å². The Morgan fingerprint density at radius 2 is 1.63 bits per heavy atom. The van der Waals surface area contributed by atoms with Crippen molar-refractivity contribution in [2.45, 2.75) is 31.5 Å². The van der Waals surface area contributed by atoms with E-state index in [0.717, 1.165) is 4.90 Å². The first-order valence-electron chi connectivity index (χ1n) is 11.9. The number of hydrogen-bond donors (Lipinski definition) is 4. The number of aliphatic carboxylic acids is 1. The molecule has 2 aromatic carbocycles. The summed E-state index contributed by atoms with van der Waals surface area (Å²) in [5.74, 6) is -1.58. The highest BCUT2D eigenvalue weighted by molar-refractivity contribution is 6.13. The number of amides is 2. The normalized spacial score (nSPS) is 22.1. The van der Waals surface area contributed by atoms with Gasteiger partial charge < -0.3 is 25.3 Å². The monoisotopic (exact) mass is 521 g/mol. The van der Waals surface area contributed by atoms with Crippen molar-refractivity contribution in [2.24, 2.45) is 0 Å². The molecule has 0 saturated carbocycles. The number of carboxylic acid groups (broad SMARTS) is 3. The van der Waals surface area contributed by atoms with Gasteiger partial charge in [0.2, 0.25) is 11.9 Å². The molecule has 0 radical (unpaired) electrons. The van der Waals surface area contributed by atoms with E-state index in [-0.39, 0.29) is 42.1 Å². The fourth-order valence-electron chi connectivity index (χ4n) is 5.63. The number of fused-ring (bicyclic) bond motifs is 1. The van der Waals surface area contributed by atoms with Crippen LogP contribution in [0.4, 0.5) is 26.7 Å². The Labute approximate surface area is 216 Å². The van der Waals surface area contributed by atoms with Crippen molar-refractivity contribution in [1.82, 2.24) is 9.49 Å². The number of hydrogen-bond acceptors (Lipinski definition) is 7. The van der Waals surface area contributed by atoms with E-state index < -0.39 is 40.2 Å². The lowest BCUT2D eigenvalue weighted by Crippen LogP contribution is -2.76. The topological polar surface area (TPSA) is 159 Å². The Morgan fingerprint density at radius 1 is 0.974 bits per heavy atom. The highest BCUT2D eigenvalue weighted by atomic mass is 16.4. The predicted octanol–water partition coefficient (Wildman–Crippen LogP) is 3.79. The van der Waals surface area contributed by atoms with Crippen molar-refractivity contribution in [1.29, 1.82) is 0 Å². The van der Waals surface area contributed by atoms with E-state index >= 15 is 0 Å². The molecule has 0 aliphatic carbocycles. The van der Waals surface area contributed by atoms with Crippen LogP contribution in [0.5, 0.6) is 5.75 Å². The Kier molecular flexibility index (Phi) is 5.64. The van der Waals surface area contributed by atoms with Gasteiger partial charge in [-0.25, -0.2) is 9.69 Å². The molecule has 2 unspecified atom stereocenters. The average molecular weight is 522 g/mol. The van der Waals surface area contributed by atoms with Crippen LogP contribution in [0.3, 0.4) is 0 Å². The van der Waals surface area contributed by atoms with Gasteiger partial charge in [-0.2, -0.15) is 9.80 Å². The molecule has 3 aliphatic rings. The Hall–Kier alpha value is -4.84. The number of aromatic hydroxyl groups is 1. The van der Waals surface area contributed by atoms with E-state index in [9.17, 15) is 34.5 Å². The summed E-state index contributed by atoms with van der Waals surface area (Å²) in [5.41, 5.74) is -0.726. The highest BCUT2D eigenvalue weighted by Crippen LogP contribution is 2.57. The second-order valence-corrected chi connectivity index (χ2v) is 9.21. The lowest BCUT2D eigenvalue weighted by Gasteiger charge is -2.48. The number of benzene rings is 2. The number of ketones is 1. The molecule has 0 spiro atoms. The minimum absolute atomic E-state index is 0.0561. The average Bonchev–Trinajstić information content (AvgIpc) is 3.33. The van der Waals surface area contributed by atoms with Gasteiger partial charge in [-0.1, -0.05) is 11.5 Å². The molecule has 2 amide bonds. The molecule has 0 aromatic heterocycles. The standard InChI is InChI=1S/C26H24N4O8/c1-2-21-28(24(35)36)19-8-5-17-15-20(19)30(21,25(37)38)29(17)26(23(34)16-3-6-18(31)7-4-16)10-13-27(14-11-26)12-9-22(32)33/h3-8,10-11,13-15,21H,2,9,12H2,1H3,(H3-,31,32,33,34,35,36,37,38)/p+1. The van der Waals surface area contributed by atoms with E-state index in [1.165, 1.54) is 53.8 Å². The summed E-state index contributed by atoms with van der Waals surface area (Å²) in [6.07, 6.45) is 2.21. The molecule has 0 saturated heterocycles. The third-order valence-electron chi connectivity index (χ3n) is 7.21. The second-order valence-electron chi connectivity index (χ2n) is 9.21. The van der Waals surface area contributed by atoms with Gasteiger partial charge >= 0.3 is 18.2 Å². The Morgan fingerprint density at radius 3 is 2.18 bits per heavy atom. The number of quaternary nitrogens is 1. The number of carbonyl (C=O) groups excluding carboxylic acids is 1. The van der Waals surface area contributed by atoms with Gasteiger partial charge in [0.05, 0.1) is 12.1 Å². The quantitative estimate of drug-likeness (QED) is 0.312. The van der Waals surface area contributed by atoms with Gasteiger partial charge in [0, 0.05) is 37.0 Å². The van der Waals surface area contributed by atoms with Gasteiger partial charge in [0.15, 0.2) is 11.2 Å². The molecule has 196 valence electrons. The molecule has 4 N–H and O–H groups in total. The van der Waals surface area contributed by atoms with Crippen LogP contribution in [0.15, 0.2) is 67.0 Å². The molecule has 5 rings (SSSR count). The number of anilines is 2. The lowest BCUT2D eigenvalue weighted by atomic mass is 9.86. The number of nitrogens with zero attached hydrogens (tertiary/aromatic N) is 4. The number of carboxylic acids is 1. The summed E-state index contributed by atoms with van der Waals surface area (Å²) >= 11 is 0. The van der Waals surface area contributed by atoms with Crippen LogP contribution in [0.25, 0.3) is 0 Å². The van der Waals surface area contributed by atoms with Gasteiger partial charge in [-0.3, -0.25) is 9.59 Å². The molecule has 2 aromatic rings. The molecule has 38 heavy (non-hydrogen) atoms. The zero-order valence-corrected chi connectivity index (χ0v) is 20.3. The third-order valence-corrected chi connectivity index (χ3v) is 7.21. The molecule has 3 aliphatic heterocycles. The maximum atomic E-state index is 14.3. The van der Waals surface area contributed by atoms with Crippen molar-refractivity contribution in [2.75, 3.05) is 16.5 Å². The van der Waals surface area contributed by atoms with Crippen molar-refractivity contribution >= 4 is 41.0 Å². The van der Waals surface area contributed by atoms with Gasteiger partial charge in [0.25, 0.3) is 0 Å². The molecular weight excluding hydrogens is 496 g/mol. The van der Waals surface area contributed by atoms with Crippen LogP contribution in [-0.4, -0.2) is 67.5 Å².